The van der Waals surface area contributed by atoms with Crippen LogP contribution in [0.25, 0.3) is 0 Å². The number of carbonyl (C=O) groups is 1. The standard InChI is InChI=1S/C19H13Cl3N2O2/c20-14-2-1-3-15(9-14)23-19(26)13-5-7-18(25)24(11-13)10-12-4-6-16(21)17(22)8-12/h1-9,11H,10H2,(H,23,26). The van der Waals surface area contributed by atoms with Crippen molar-refractivity contribution in [1.29, 1.82) is 0 Å². The number of hydrogen-bond donors (Lipinski definition) is 1. The second kappa shape index (κ2) is 7.96. The lowest BCUT2D eigenvalue weighted by Crippen LogP contribution is -2.22. The van der Waals surface area contributed by atoms with Gasteiger partial charge in [-0.2, -0.15) is 0 Å². The third kappa shape index (κ3) is 4.47. The van der Waals surface area contributed by atoms with E-state index < -0.39 is 0 Å². The van der Waals surface area contributed by atoms with Gasteiger partial charge in [0.1, 0.15) is 0 Å². The van der Waals surface area contributed by atoms with Crippen molar-refractivity contribution in [2.45, 2.75) is 6.54 Å². The van der Waals surface area contributed by atoms with Crippen molar-refractivity contribution in [3.63, 3.8) is 0 Å². The number of amides is 1. The highest BCUT2D eigenvalue weighted by molar-refractivity contribution is 6.42. The Labute approximate surface area is 164 Å². The molecule has 0 bridgehead atoms. The summed E-state index contributed by atoms with van der Waals surface area (Å²) in [6.07, 6.45) is 1.50. The molecule has 0 radical (unpaired) electrons. The number of pyridine rings is 1. The minimum absolute atomic E-state index is 0.227. The maximum Gasteiger partial charge on any atom is 0.257 e. The van der Waals surface area contributed by atoms with E-state index in [-0.39, 0.29) is 18.0 Å². The summed E-state index contributed by atoms with van der Waals surface area (Å²) in [5.41, 5.74) is 1.50. The van der Waals surface area contributed by atoms with Crippen LogP contribution in [0.5, 0.6) is 0 Å². The third-order valence-electron chi connectivity index (χ3n) is 3.67. The van der Waals surface area contributed by atoms with E-state index in [9.17, 15) is 9.59 Å². The van der Waals surface area contributed by atoms with Gasteiger partial charge < -0.3 is 9.88 Å². The van der Waals surface area contributed by atoms with Crippen molar-refractivity contribution in [2.24, 2.45) is 0 Å². The highest BCUT2D eigenvalue weighted by atomic mass is 35.5. The Kier molecular flexibility index (Phi) is 5.67. The summed E-state index contributed by atoms with van der Waals surface area (Å²) in [6, 6.07) is 14.8. The molecule has 0 aliphatic rings. The molecular weight excluding hydrogens is 395 g/mol. The number of rotatable bonds is 4. The molecule has 0 unspecified atom stereocenters. The summed E-state index contributed by atoms with van der Waals surface area (Å²) in [6.45, 7) is 0.272. The van der Waals surface area contributed by atoms with Gasteiger partial charge in [-0.3, -0.25) is 9.59 Å². The molecule has 0 spiro atoms. The van der Waals surface area contributed by atoms with Crippen molar-refractivity contribution < 1.29 is 4.79 Å². The molecule has 2 aromatic carbocycles. The predicted molar refractivity (Wildman–Crippen MR) is 106 cm³/mol. The molecule has 0 saturated carbocycles. The Morgan fingerprint density at radius 1 is 0.962 bits per heavy atom. The molecule has 7 heteroatoms. The summed E-state index contributed by atoms with van der Waals surface area (Å²) in [7, 11) is 0. The molecule has 1 N–H and O–H groups in total. The lowest BCUT2D eigenvalue weighted by molar-refractivity contribution is 0.102. The fraction of sp³-hybridized carbons (Fsp3) is 0.0526. The smallest absolute Gasteiger partial charge is 0.257 e. The van der Waals surface area contributed by atoms with Gasteiger partial charge in [-0.1, -0.05) is 46.9 Å². The molecule has 132 valence electrons. The zero-order chi connectivity index (χ0) is 18.7. The van der Waals surface area contributed by atoms with Crippen LogP contribution in [0.4, 0.5) is 5.69 Å². The molecule has 3 rings (SSSR count). The molecule has 0 saturated heterocycles. The van der Waals surface area contributed by atoms with E-state index in [4.69, 9.17) is 34.8 Å². The summed E-state index contributed by atoms with van der Waals surface area (Å²) in [4.78, 5) is 24.5. The third-order valence-corrected chi connectivity index (χ3v) is 4.64. The molecule has 1 aromatic heterocycles. The van der Waals surface area contributed by atoms with E-state index in [0.29, 0.717) is 26.3 Å². The topological polar surface area (TPSA) is 51.1 Å². The molecule has 0 fully saturated rings. The van der Waals surface area contributed by atoms with Crippen molar-refractivity contribution in [3.05, 3.63) is 97.3 Å². The molecule has 3 aromatic rings. The maximum absolute atomic E-state index is 12.4. The summed E-state index contributed by atoms with van der Waals surface area (Å²) < 4.78 is 1.44. The number of nitrogens with one attached hydrogen (secondary N) is 1. The lowest BCUT2D eigenvalue weighted by Gasteiger charge is -2.10. The van der Waals surface area contributed by atoms with Gasteiger partial charge in [-0.05, 0) is 42.0 Å². The first-order valence-electron chi connectivity index (χ1n) is 7.64. The average Bonchev–Trinajstić information content (AvgIpc) is 2.60. The van der Waals surface area contributed by atoms with E-state index in [2.05, 4.69) is 5.32 Å². The van der Waals surface area contributed by atoms with Crippen molar-refractivity contribution in [2.75, 3.05) is 5.32 Å². The van der Waals surface area contributed by atoms with Gasteiger partial charge in [0.25, 0.3) is 11.5 Å². The van der Waals surface area contributed by atoms with Crippen molar-refractivity contribution >= 4 is 46.4 Å². The molecule has 1 amide bonds. The highest BCUT2D eigenvalue weighted by Gasteiger charge is 2.09. The number of nitrogens with zero attached hydrogens (tertiary/aromatic N) is 1. The van der Waals surface area contributed by atoms with E-state index in [1.165, 1.54) is 22.9 Å². The van der Waals surface area contributed by atoms with Gasteiger partial charge in [0, 0.05) is 23.0 Å². The minimum atomic E-state index is -0.338. The average molecular weight is 408 g/mol. The Hall–Kier alpha value is -2.27. The first-order valence-corrected chi connectivity index (χ1v) is 8.77. The van der Waals surface area contributed by atoms with E-state index >= 15 is 0 Å². The van der Waals surface area contributed by atoms with Crippen LogP contribution < -0.4 is 10.9 Å². The minimum Gasteiger partial charge on any atom is -0.322 e. The second-order valence-corrected chi connectivity index (χ2v) is 6.85. The lowest BCUT2D eigenvalue weighted by atomic mass is 10.2. The van der Waals surface area contributed by atoms with E-state index in [1.807, 2.05) is 0 Å². The zero-order valence-electron chi connectivity index (χ0n) is 13.4. The van der Waals surface area contributed by atoms with Crippen LogP contribution in [-0.4, -0.2) is 10.5 Å². The SMILES string of the molecule is O=C(Nc1cccc(Cl)c1)c1ccc(=O)n(Cc2ccc(Cl)c(Cl)c2)c1. The fourth-order valence-electron chi connectivity index (χ4n) is 2.39. The maximum atomic E-state index is 12.4. The first-order chi connectivity index (χ1) is 12.4. The molecule has 0 atom stereocenters. The number of halogens is 3. The van der Waals surface area contributed by atoms with Crippen LogP contribution >= 0.6 is 34.8 Å². The number of hydrogen-bond acceptors (Lipinski definition) is 2. The van der Waals surface area contributed by atoms with E-state index in [1.54, 1.807) is 42.5 Å². The normalized spacial score (nSPS) is 10.6. The van der Waals surface area contributed by atoms with Gasteiger partial charge in [-0.25, -0.2) is 0 Å². The number of carbonyl (C=O) groups excluding carboxylic acids is 1. The van der Waals surface area contributed by atoms with Crippen LogP contribution in [0.1, 0.15) is 15.9 Å². The Balaban J connectivity index is 1.83. The Bertz CT molecular complexity index is 1030. The molecular formula is C19H13Cl3N2O2. The zero-order valence-corrected chi connectivity index (χ0v) is 15.6. The fourth-order valence-corrected chi connectivity index (χ4v) is 2.90. The van der Waals surface area contributed by atoms with Crippen LogP contribution in [0, 0.1) is 0 Å². The van der Waals surface area contributed by atoms with Crippen LogP contribution in [0.15, 0.2) is 65.6 Å². The first kappa shape index (κ1) is 18.5. The van der Waals surface area contributed by atoms with Crippen molar-refractivity contribution in [3.8, 4) is 0 Å². The highest BCUT2D eigenvalue weighted by Crippen LogP contribution is 2.23. The van der Waals surface area contributed by atoms with Crippen LogP contribution in [0.2, 0.25) is 15.1 Å². The molecule has 1 heterocycles. The largest absolute Gasteiger partial charge is 0.322 e. The molecule has 0 aliphatic carbocycles. The molecule has 26 heavy (non-hydrogen) atoms. The van der Waals surface area contributed by atoms with Gasteiger partial charge in [0.15, 0.2) is 0 Å². The van der Waals surface area contributed by atoms with Crippen LogP contribution in [0.3, 0.4) is 0 Å². The Morgan fingerprint density at radius 3 is 2.50 bits per heavy atom. The van der Waals surface area contributed by atoms with Crippen molar-refractivity contribution in [1.82, 2.24) is 4.57 Å². The summed E-state index contributed by atoms with van der Waals surface area (Å²) in [5, 5.41) is 4.12. The van der Waals surface area contributed by atoms with E-state index in [0.717, 1.165) is 5.56 Å². The number of benzene rings is 2. The van der Waals surface area contributed by atoms with Crippen LogP contribution in [-0.2, 0) is 6.54 Å². The van der Waals surface area contributed by atoms with Gasteiger partial charge in [-0.15, -0.1) is 0 Å². The molecule has 0 aliphatic heterocycles. The van der Waals surface area contributed by atoms with Gasteiger partial charge >= 0.3 is 0 Å². The van der Waals surface area contributed by atoms with Gasteiger partial charge in [0.2, 0.25) is 0 Å². The quantitative estimate of drug-likeness (QED) is 0.653. The summed E-state index contributed by atoms with van der Waals surface area (Å²) in [5.74, 6) is -0.338. The monoisotopic (exact) mass is 406 g/mol. The predicted octanol–water partition coefficient (Wildman–Crippen LogP) is 5.11. The molecule has 4 nitrogen and oxygen atoms in total. The number of aromatic nitrogens is 1. The number of anilines is 1. The van der Waals surface area contributed by atoms with Gasteiger partial charge in [0.05, 0.1) is 22.2 Å². The second-order valence-electron chi connectivity index (χ2n) is 5.60. The summed E-state index contributed by atoms with van der Waals surface area (Å²) >= 11 is 17.8. The Morgan fingerprint density at radius 2 is 1.77 bits per heavy atom.